The first-order valence-electron chi connectivity index (χ1n) is 7.20. The molecule has 0 fully saturated rings. The number of fused-ring (bicyclic) bond motifs is 1. The monoisotopic (exact) mass is 297 g/mol. The molecule has 3 heteroatoms. The lowest BCUT2D eigenvalue weighted by Crippen LogP contribution is -2.33. The van der Waals surface area contributed by atoms with E-state index in [9.17, 15) is 5.11 Å². The zero-order chi connectivity index (χ0) is 14.5. The first-order chi connectivity index (χ1) is 10.4. The van der Waals surface area contributed by atoms with E-state index in [2.05, 4.69) is 47.1 Å². The lowest BCUT2D eigenvalue weighted by molar-refractivity contribution is 0.241. The van der Waals surface area contributed by atoms with E-state index >= 15 is 0 Å². The van der Waals surface area contributed by atoms with Crippen LogP contribution in [0.3, 0.4) is 0 Å². The largest absolute Gasteiger partial charge is 0.395 e. The topological polar surface area (TPSA) is 32.3 Å². The van der Waals surface area contributed by atoms with Crippen LogP contribution in [-0.2, 0) is 13.0 Å². The second-order valence-corrected chi connectivity index (χ2v) is 6.12. The van der Waals surface area contributed by atoms with Gasteiger partial charge in [-0.15, -0.1) is 11.3 Å². The van der Waals surface area contributed by atoms with Crippen LogP contribution in [-0.4, -0.2) is 17.8 Å². The molecule has 2 N–H and O–H groups in total. The fourth-order valence-electron chi connectivity index (χ4n) is 2.52. The molecule has 0 aliphatic rings. The van der Waals surface area contributed by atoms with Crippen LogP contribution in [0, 0.1) is 0 Å². The minimum absolute atomic E-state index is 0.0889. The Bertz CT molecular complexity index is 693. The van der Waals surface area contributed by atoms with Crippen molar-refractivity contribution in [2.75, 3.05) is 6.61 Å². The molecule has 0 amide bonds. The zero-order valence-corrected chi connectivity index (χ0v) is 12.6. The standard InChI is InChI=1S/C18H19NOS/c20-12-16(10-14-6-2-1-3-7-14)19-11-15-13-21-18-9-5-4-8-17(15)18/h1-9,13,16,19-20H,10-12H2/t16-/m1/s1. The summed E-state index contributed by atoms with van der Waals surface area (Å²) in [6, 6.07) is 18.8. The molecule has 0 bridgehead atoms. The molecule has 0 aliphatic heterocycles. The molecule has 1 heterocycles. The Balaban J connectivity index is 1.65. The van der Waals surface area contributed by atoms with Crippen LogP contribution in [0.25, 0.3) is 10.1 Å². The summed E-state index contributed by atoms with van der Waals surface area (Å²) in [6.07, 6.45) is 0.847. The van der Waals surface area contributed by atoms with E-state index in [1.165, 1.54) is 21.2 Å². The van der Waals surface area contributed by atoms with Gasteiger partial charge in [0.1, 0.15) is 0 Å². The smallest absolute Gasteiger partial charge is 0.0587 e. The maximum Gasteiger partial charge on any atom is 0.0587 e. The van der Waals surface area contributed by atoms with Crippen molar-refractivity contribution in [2.45, 2.75) is 19.0 Å². The summed E-state index contributed by atoms with van der Waals surface area (Å²) in [4.78, 5) is 0. The van der Waals surface area contributed by atoms with E-state index in [-0.39, 0.29) is 12.6 Å². The molecule has 0 radical (unpaired) electrons. The summed E-state index contributed by atoms with van der Waals surface area (Å²) >= 11 is 1.77. The number of thiophene rings is 1. The molecule has 2 nitrogen and oxygen atoms in total. The molecular formula is C18H19NOS. The highest BCUT2D eigenvalue weighted by Gasteiger charge is 2.09. The highest BCUT2D eigenvalue weighted by molar-refractivity contribution is 7.17. The molecule has 0 saturated carbocycles. The van der Waals surface area contributed by atoms with Crippen molar-refractivity contribution in [3.63, 3.8) is 0 Å². The van der Waals surface area contributed by atoms with Crippen LogP contribution in [0.1, 0.15) is 11.1 Å². The zero-order valence-electron chi connectivity index (χ0n) is 11.8. The Morgan fingerprint density at radius 2 is 1.76 bits per heavy atom. The SMILES string of the molecule is OC[C@@H](Cc1ccccc1)NCc1csc2ccccc12. The van der Waals surface area contributed by atoms with Crippen LogP contribution in [0.4, 0.5) is 0 Å². The Hall–Kier alpha value is -1.68. The van der Waals surface area contributed by atoms with Crippen molar-refractivity contribution < 1.29 is 5.11 Å². The fourth-order valence-corrected chi connectivity index (χ4v) is 3.49. The van der Waals surface area contributed by atoms with Gasteiger partial charge in [-0.1, -0.05) is 48.5 Å². The maximum absolute atomic E-state index is 9.57. The Morgan fingerprint density at radius 3 is 2.57 bits per heavy atom. The van der Waals surface area contributed by atoms with Gasteiger partial charge in [0.15, 0.2) is 0 Å². The summed E-state index contributed by atoms with van der Waals surface area (Å²) in [5.74, 6) is 0. The lowest BCUT2D eigenvalue weighted by Gasteiger charge is -2.16. The summed E-state index contributed by atoms with van der Waals surface area (Å²) in [5.41, 5.74) is 2.56. The average molecular weight is 297 g/mol. The summed E-state index contributed by atoms with van der Waals surface area (Å²) in [6.45, 7) is 0.943. The number of aliphatic hydroxyl groups excluding tert-OH is 1. The number of benzene rings is 2. The summed E-state index contributed by atoms with van der Waals surface area (Å²) < 4.78 is 1.32. The molecule has 108 valence electrons. The minimum atomic E-state index is 0.0889. The molecule has 2 aromatic carbocycles. The second-order valence-electron chi connectivity index (χ2n) is 5.21. The van der Waals surface area contributed by atoms with Crippen molar-refractivity contribution in [1.82, 2.24) is 5.32 Å². The number of aliphatic hydroxyl groups is 1. The van der Waals surface area contributed by atoms with Crippen molar-refractivity contribution in [1.29, 1.82) is 0 Å². The molecule has 0 aliphatic carbocycles. The van der Waals surface area contributed by atoms with Gasteiger partial charge in [-0.25, -0.2) is 0 Å². The van der Waals surface area contributed by atoms with Gasteiger partial charge in [-0.3, -0.25) is 0 Å². The number of rotatable bonds is 6. The predicted molar refractivity (Wildman–Crippen MR) is 89.7 cm³/mol. The molecule has 1 atom stereocenters. The van der Waals surface area contributed by atoms with Crippen LogP contribution < -0.4 is 5.32 Å². The second kappa shape index (κ2) is 6.85. The third-order valence-electron chi connectivity index (χ3n) is 3.69. The van der Waals surface area contributed by atoms with E-state index in [1.807, 2.05) is 18.2 Å². The molecule has 0 unspecified atom stereocenters. The molecule has 0 spiro atoms. The van der Waals surface area contributed by atoms with Crippen molar-refractivity contribution in [3.8, 4) is 0 Å². The van der Waals surface area contributed by atoms with Crippen molar-refractivity contribution in [2.24, 2.45) is 0 Å². The van der Waals surface area contributed by atoms with E-state index in [0.29, 0.717) is 0 Å². The molecule has 0 saturated heterocycles. The molecule has 1 aromatic heterocycles. The third kappa shape index (κ3) is 3.50. The quantitative estimate of drug-likeness (QED) is 0.728. The summed E-state index contributed by atoms with van der Waals surface area (Å²) in [5, 5.41) is 16.6. The van der Waals surface area contributed by atoms with Gasteiger partial charge in [-0.05, 0) is 34.4 Å². The van der Waals surface area contributed by atoms with Gasteiger partial charge in [-0.2, -0.15) is 0 Å². The summed E-state index contributed by atoms with van der Waals surface area (Å²) in [7, 11) is 0. The Kier molecular flexibility index (Phi) is 4.65. The lowest BCUT2D eigenvalue weighted by atomic mass is 10.1. The van der Waals surface area contributed by atoms with E-state index < -0.39 is 0 Å². The van der Waals surface area contributed by atoms with Gasteiger partial charge >= 0.3 is 0 Å². The normalized spacial score (nSPS) is 12.6. The van der Waals surface area contributed by atoms with Gasteiger partial charge in [0.2, 0.25) is 0 Å². The Labute approximate surface area is 129 Å². The maximum atomic E-state index is 9.57. The highest BCUT2D eigenvalue weighted by Crippen LogP contribution is 2.25. The van der Waals surface area contributed by atoms with E-state index in [4.69, 9.17) is 0 Å². The van der Waals surface area contributed by atoms with Gasteiger partial charge in [0.05, 0.1) is 6.61 Å². The van der Waals surface area contributed by atoms with Crippen molar-refractivity contribution in [3.05, 3.63) is 71.1 Å². The van der Waals surface area contributed by atoms with Crippen LogP contribution in [0.15, 0.2) is 60.0 Å². The molecule has 3 rings (SSSR count). The number of hydrogen-bond acceptors (Lipinski definition) is 3. The molecular weight excluding hydrogens is 278 g/mol. The van der Waals surface area contributed by atoms with E-state index in [1.54, 1.807) is 11.3 Å². The van der Waals surface area contributed by atoms with Crippen LogP contribution in [0.2, 0.25) is 0 Å². The number of nitrogens with one attached hydrogen (secondary N) is 1. The minimum Gasteiger partial charge on any atom is -0.395 e. The predicted octanol–water partition coefficient (Wildman–Crippen LogP) is 3.59. The third-order valence-corrected chi connectivity index (χ3v) is 4.70. The van der Waals surface area contributed by atoms with Gasteiger partial charge in [0.25, 0.3) is 0 Å². The first-order valence-corrected chi connectivity index (χ1v) is 8.08. The molecule has 3 aromatic rings. The fraction of sp³-hybridized carbons (Fsp3) is 0.222. The van der Waals surface area contributed by atoms with Crippen LogP contribution in [0.5, 0.6) is 0 Å². The first kappa shape index (κ1) is 14.3. The van der Waals surface area contributed by atoms with Crippen molar-refractivity contribution >= 4 is 21.4 Å². The average Bonchev–Trinajstić information content (AvgIpc) is 2.96. The van der Waals surface area contributed by atoms with Gasteiger partial charge in [0, 0.05) is 17.3 Å². The Morgan fingerprint density at radius 1 is 1.00 bits per heavy atom. The highest BCUT2D eigenvalue weighted by atomic mass is 32.1. The number of hydrogen-bond donors (Lipinski definition) is 2. The van der Waals surface area contributed by atoms with Gasteiger partial charge < -0.3 is 10.4 Å². The molecule has 21 heavy (non-hydrogen) atoms. The van der Waals surface area contributed by atoms with Crippen LogP contribution >= 0.6 is 11.3 Å². The van der Waals surface area contributed by atoms with E-state index in [0.717, 1.165) is 13.0 Å².